The molecule has 0 radical (unpaired) electrons. The van der Waals surface area contributed by atoms with E-state index in [1.807, 2.05) is 18.2 Å². The van der Waals surface area contributed by atoms with E-state index in [1.54, 1.807) is 34.6 Å². The number of hydrogen-bond donors (Lipinski definition) is 4. The van der Waals surface area contributed by atoms with Crippen molar-refractivity contribution in [1.82, 2.24) is 14.9 Å². The second kappa shape index (κ2) is 15.5. The molecular weight excluding hydrogens is 703 g/mol. The molecule has 2 saturated heterocycles. The van der Waals surface area contributed by atoms with Gasteiger partial charge in [-0.1, -0.05) is 49.4 Å². The van der Waals surface area contributed by atoms with Gasteiger partial charge in [-0.2, -0.15) is 4.31 Å². The normalized spacial score (nSPS) is 20.9. The molecule has 0 amide bonds. The molecule has 4 N–H and O–H groups in total. The summed E-state index contributed by atoms with van der Waals surface area (Å²) in [5.41, 5.74) is 2.64. The van der Waals surface area contributed by atoms with Gasteiger partial charge in [-0.05, 0) is 99.4 Å². The summed E-state index contributed by atoms with van der Waals surface area (Å²) in [6.45, 7) is 8.29. The predicted octanol–water partition coefficient (Wildman–Crippen LogP) is 4.27. The van der Waals surface area contributed by atoms with E-state index in [2.05, 4.69) is 43.5 Å². The molecule has 13 heteroatoms. The minimum atomic E-state index is -3.70. The van der Waals surface area contributed by atoms with Crippen LogP contribution in [-0.2, 0) is 31.1 Å². The van der Waals surface area contributed by atoms with Gasteiger partial charge in [0.1, 0.15) is 18.5 Å². The molecule has 3 aromatic carbocycles. The number of piperidine rings is 1. The number of hydrogen-bond acceptors (Lipinski definition) is 10. The van der Waals surface area contributed by atoms with Gasteiger partial charge in [0.2, 0.25) is 10.0 Å². The summed E-state index contributed by atoms with van der Waals surface area (Å²) in [5.74, 6) is 0.333. The molecule has 1 saturated carbocycles. The Hall–Kier alpha value is -2.88. The quantitative estimate of drug-likeness (QED) is 0.167. The zero-order valence-corrected chi connectivity index (χ0v) is 32.0. The first-order chi connectivity index (χ1) is 24.7. The zero-order valence-electron chi connectivity index (χ0n) is 30.4. The summed E-state index contributed by atoms with van der Waals surface area (Å²) < 4.78 is 65.8. The third kappa shape index (κ3) is 8.57. The zero-order chi connectivity index (χ0) is 37.2. The first kappa shape index (κ1) is 38.8. The first-order valence-electron chi connectivity index (χ1n) is 18.3. The lowest BCUT2D eigenvalue weighted by atomic mass is 9.88. The first-order valence-corrected chi connectivity index (χ1v) is 21.2. The largest absolute Gasteiger partial charge is 0.491 e. The second-order valence-corrected chi connectivity index (χ2v) is 19.6. The van der Waals surface area contributed by atoms with Crippen LogP contribution in [0.5, 0.6) is 5.75 Å². The fraction of sp³-hybridized carbons (Fsp3) is 0.538. The number of benzene rings is 3. The standard InChI is InChI=1S/C39H53N3O8S2/c1-4-37(2,3)41-24-29-11-13-30(14-12-29)31-7-5-10-36(21-31)52(47,48)42-19-17-38(18-20-42)23-32(26-50-38)40-25-33(44)27-49-34-8-6-9-35(22-34)51(45,46)39(28-43)15-16-39/h5-14,21-22,32-33,40-41,43-44H,4,15-20,23-28H2,1-3H3. The molecular formula is C39H53N3O8S2. The van der Waals surface area contributed by atoms with E-state index in [0.29, 0.717) is 57.6 Å². The van der Waals surface area contributed by atoms with Crippen LogP contribution in [0.15, 0.2) is 82.6 Å². The van der Waals surface area contributed by atoms with Gasteiger partial charge in [-0.15, -0.1) is 0 Å². The Labute approximate surface area is 308 Å². The lowest BCUT2D eigenvalue weighted by Gasteiger charge is -2.38. The molecule has 0 bridgehead atoms. The number of aliphatic hydroxyl groups is 2. The van der Waals surface area contributed by atoms with E-state index in [1.165, 1.54) is 17.7 Å². The Morgan fingerprint density at radius 3 is 2.31 bits per heavy atom. The van der Waals surface area contributed by atoms with Crippen molar-refractivity contribution >= 4 is 19.9 Å². The van der Waals surface area contributed by atoms with Crippen LogP contribution < -0.4 is 15.4 Å². The maximum atomic E-state index is 13.8. The lowest BCUT2D eigenvalue weighted by Crippen LogP contribution is -2.47. The third-order valence-electron chi connectivity index (χ3n) is 11.1. The summed E-state index contributed by atoms with van der Waals surface area (Å²) in [7, 11) is -7.37. The van der Waals surface area contributed by atoms with Gasteiger partial charge in [0, 0.05) is 37.8 Å². The van der Waals surface area contributed by atoms with Gasteiger partial charge in [0.15, 0.2) is 9.84 Å². The highest BCUT2D eigenvalue weighted by atomic mass is 32.2. The van der Waals surface area contributed by atoms with Crippen molar-refractivity contribution in [1.29, 1.82) is 0 Å². The Morgan fingerprint density at radius 1 is 0.942 bits per heavy atom. The predicted molar refractivity (Wildman–Crippen MR) is 200 cm³/mol. The number of sulfone groups is 1. The van der Waals surface area contributed by atoms with Crippen molar-refractivity contribution in [3.05, 3.63) is 78.4 Å². The van der Waals surface area contributed by atoms with Crippen LogP contribution in [0.2, 0.25) is 0 Å². The highest BCUT2D eigenvalue weighted by Gasteiger charge is 2.54. The smallest absolute Gasteiger partial charge is 0.243 e. The molecule has 0 aromatic heterocycles. The summed E-state index contributed by atoms with van der Waals surface area (Å²) in [6.07, 6.45) is 2.92. The molecule has 1 aliphatic carbocycles. The van der Waals surface area contributed by atoms with Crippen LogP contribution in [0, 0.1) is 0 Å². The number of nitrogens with zero attached hydrogens (tertiary/aromatic N) is 1. The van der Waals surface area contributed by atoms with Gasteiger partial charge in [0.25, 0.3) is 0 Å². The lowest BCUT2D eigenvalue weighted by molar-refractivity contribution is -0.0312. The summed E-state index contributed by atoms with van der Waals surface area (Å²) >= 11 is 0. The van der Waals surface area contributed by atoms with Crippen molar-refractivity contribution in [3.63, 3.8) is 0 Å². The highest BCUT2D eigenvalue weighted by Crippen LogP contribution is 2.46. The van der Waals surface area contributed by atoms with E-state index in [4.69, 9.17) is 9.47 Å². The molecule has 284 valence electrons. The summed E-state index contributed by atoms with van der Waals surface area (Å²) in [4.78, 5) is 0.385. The van der Waals surface area contributed by atoms with Crippen molar-refractivity contribution in [3.8, 4) is 16.9 Å². The number of sulfonamides is 1. The van der Waals surface area contributed by atoms with Crippen LogP contribution >= 0.6 is 0 Å². The van der Waals surface area contributed by atoms with Crippen LogP contribution in [0.4, 0.5) is 0 Å². The number of aliphatic hydroxyl groups excluding tert-OH is 2. The number of nitrogens with one attached hydrogen (secondary N) is 2. The van der Waals surface area contributed by atoms with E-state index in [9.17, 15) is 27.0 Å². The molecule has 1 spiro atoms. The molecule has 3 aromatic rings. The van der Waals surface area contributed by atoms with E-state index in [0.717, 1.165) is 24.1 Å². The highest BCUT2D eigenvalue weighted by molar-refractivity contribution is 7.93. The second-order valence-electron chi connectivity index (χ2n) is 15.3. The number of rotatable bonds is 16. The summed E-state index contributed by atoms with van der Waals surface area (Å²) in [6, 6.07) is 21.6. The van der Waals surface area contributed by atoms with Crippen molar-refractivity contribution < 1.29 is 36.5 Å². The van der Waals surface area contributed by atoms with Gasteiger partial charge in [-0.3, -0.25) is 0 Å². The molecule has 52 heavy (non-hydrogen) atoms. The Morgan fingerprint density at radius 2 is 1.63 bits per heavy atom. The Balaban J connectivity index is 0.967. The molecule has 3 fully saturated rings. The minimum Gasteiger partial charge on any atom is -0.491 e. The summed E-state index contributed by atoms with van der Waals surface area (Å²) in [5, 5.41) is 27.1. The van der Waals surface area contributed by atoms with E-state index in [-0.39, 0.29) is 34.5 Å². The van der Waals surface area contributed by atoms with Gasteiger partial charge in [0.05, 0.1) is 33.4 Å². The molecule has 2 atom stereocenters. The average molecular weight is 756 g/mol. The van der Waals surface area contributed by atoms with Crippen LogP contribution in [0.1, 0.15) is 64.9 Å². The maximum absolute atomic E-state index is 13.8. The van der Waals surface area contributed by atoms with Gasteiger partial charge < -0.3 is 30.3 Å². The average Bonchev–Trinajstić information content (AvgIpc) is 3.88. The molecule has 11 nitrogen and oxygen atoms in total. The van der Waals surface area contributed by atoms with Crippen molar-refractivity contribution in [2.75, 3.05) is 39.5 Å². The van der Waals surface area contributed by atoms with Crippen LogP contribution in [0.3, 0.4) is 0 Å². The SMILES string of the molecule is CCC(C)(C)NCc1ccc(-c2cccc(S(=O)(=O)N3CCC4(CC3)CC(NCC(O)COc3cccc(S(=O)(=O)C5(CO)CC5)c3)CO4)c2)cc1. The molecule has 2 aliphatic heterocycles. The Bertz CT molecular complexity index is 1910. The Kier molecular flexibility index (Phi) is 11.5. The third-order valence-corrected chi connectivity index (χ3v) is 15.6. The van der Waals surface area contributed by atoms with Gasteiger partial charge in [-0.25, -0.2) is 16.8 Å². The maximum Gasteiger partial charge on any atom is 0.243 e. The fourth-order valence-corrected chi connectivity index (χ4v) is 10.2. The van der Waals surface area contributed by atoms with E-state index >= 15 is 0 Å². The van der Waals surface area contributed by atoms with Crippen molar-refractivity contribution in [2.24, 2.45) is 0 Å². The molecule has 2 heterocycles. The molecule has 2 unspecified atom stereocenters. The molecule has 3 aliphatic rings. The van der Waals surface area contributed by atoms with Crippen LogP contribution in [-0.4, -0.2) is 98.8 Å². The van der Waals surface area contributed by atoms with Gasteiger partial charge >= 0.3 is 0 Å². The number of ether oxygens (including phenoxy) is 2. The van der Waals surface area contributed by atoms with Crippen molar-refractivity contribution in [2.45, 2.75) is 104 Å². The topological polar surface area (TPSA) is 154 Å². The van der Waals surface area contributed by atoms with E-state index < -0.39 is 42.9 Å². The monoisotopic (exact) mass is 755 g/mol. The minimum absolute atomic E-state index is 0.00326. The fourth-order valence-electron chi connectivity index (χ4n) is 6.91. The van der Waals surface area contributed by atoms with Crippen LogP contribution in [0.25, 0.3) is 11.1 Å². The molecule has 6 rings (SSSR count).